The van der Waals surface area contributed by atoms with Gasteiger partial charge in [0.25, 0.3) is 0 Å². The minimum Gasteiger partial charge on any atom is -0.352 e. The van der Waals surface area contributed by atoms with Gasteiger partial charge in [-0.1, -0.05) is 6.92 Å². The van der Waals surface area contributed by atoms with Crippen LogP contribution in [0.3, 0.4) is 0 Å². The summed E-state index contributed by atoms with van der Waals surface area (Å²) in [5.41, 5.74) is 1.90. The molecule has 0 aliphatic heterocycles. The molecule has 1 atom stereocenters. The minimum atomic E-state index is -0.922. The Labute approximate surface area is 150 Å². The van der Waals surface area contributed by atoms with Crippen LogP contribution in [0, 0.1) is 11.6 Å². The predicted octanol–water partition coefficient (Wildman–Crippen LogP) is 4.77. The minimum absolute atomic E-state index is 0.190. The summed E-state index contributed by atoms with van der Waals surface area (Å²) in [5.74, 6) is -0.899. The molecule has 3 rings (SSSR count). The molecule has 2 N–H and O–H groups in total. The summed E-state index contributed by atoms with van der Waals surface area (Å²) in [6.45, 7) is 4.09. The van der Waals surface area contributed by atoms with Gasteiger partial charge in [0.05, 0.1) is 5.69 Å². The first-order valence-corrected chi connectivity index (χ1v) is 8.33. The number of anilines is 3. The molecular formula is C19H19F2N5. The van der Waals surface area contributed by atoms with Gasteiger partial charge < -0.3 is 10.6 Å². The van der Waals surface area contributed by atoms with Gasteiger partial charge in [0, 0.05) is 41.8 Å². The van der Waals surface area contributed by atoms with Crippen molar-refractivity contribution in [2.45, 2.75) is 26.3 Å². The summed E-state index contributed by atoms with van der Waals surface area (Å²) >= 11 is 0. The lowest BCUT2D eigenvalue weighted by molar-refractivity contribution is 0.509. The smallest absolute Gasteiger partial charge is 0.225 e. The third kappa shape index (κ3) is 4.30. The third-order valence-corrected chi connectivity index (χ3v) is 3.86. The van der Waals surface area contributed by atoms with E-state index in [-0.39, 0.29) is 6.04 Å². The number of hydrogen-bond acceptors (Lipinski definition) is 5. The van der Waals surface area contributed by atoms with Crippen LogP contribution in [0.5, 0.6) is 0 Å². The molecule has 0 aliphatic rings. The number of rotatable bonds is 6. The van der Waals surface area contributed by atoms with Gasteiger partial charge in [0.15, 0.2) is 11.6 Å². The molecule has 0 spiro atoms. The third-order valence-electron chi connectivity index (χ3n) is 3.86. The molecule has 0 saturated carbocycles. The van der Waals surface area contributed by atoms with Crippen molar-refractivity contribution in [1.29, 1.82) is 0 Å². The average molecular weight is 355 g/mol. The number of benzene rings is 1. The summed E-state index contributed by atoms with van der Waals surface area (Å²) in [6, 6.07) is 9.25. The van der Waals surface area contributed by atoms with E-state index < -0.39 is 11.6 Å². The molecule has 2 heterocycles. The number of pyridine rings is 1. The van der Waals surface area contributed by atoms with Gasteiger partial charge in [0.2, 0.25) is 5.95 Å². The summed E-state index contributed by atoms with van der Waals surface area (Å²) < 4.78 is 26.6. The van der Waals surface area contributed by atoms with Crippen molar-refractivity contribution in [3.8, 4) is 11.3 Å². The Kier molecular flexibility index (Phi) is 5.36. The zero-order chi connectivity index (χ0) is 18.5. The summed E-state index contributed by atoms with van der Waals surface area (Å²) in [4.78, 5) is 13.1. The van der Waals surface area contributed by atoms with Crippen LogP contribution in [0.25, 0.3) is 11.3 Å². The summed E-state index contributed by atoms with van der Waals surface area (Å²) in [7, 11) is 0. The average Bonchev–Trinajstić information content (AvgIpc) is 2.65. The lowest BCUT2D eigenvalue weighted by Crippen LogP contribution is -2.16. The molecule has 134 valence electrons. The molecule has 2 aromatic heterocycles. The van der Waals surface area contributed by atoms with Gasteiger partial charge in [-0.25, -0.2) is 13.8 Å². The van der Waals surface area contributed by atoms with E-state index in [1.807, 2.05) is 19.1 Å². The van der Waals surface area contributed by atoms with Crippen LogP contribution in [0.1, 0.15) is 20.3 Å². The molecule has 0 amide bonds. The van der Waals surface area contributed by atoms with E-state index >= 15 is 0 Å². The highest BCUT2D eigenvalue weighted by Gasteiger charge is 2.10. The monoisotopic (exact) mass is 355 g/mol. The normalized spacial score (nSPS) is 11.8. The molecule has 3 aromatic rings. The summed E-state index contributed by atoms with van der Waals surface area (Å²) in [5, 5.41) is 6.23. The first kappa shape index (κ1) is 17.7. The molecule has 5 nitrogen and oxygen atoms in total. The van der Waals surface area contributed by atoms with Gasteiger partial charge in [-0.3, -0.25) is 4.98 Å². The highest BCUT2D eigenvalue weighted by Crippen LogP contribution is 2.24. The Bertz CT molecular complexity index is 886. The molecule has 0 radical (unpaired) electrons. The fourth-order valence-corrected chi connectivity index (χ4v) is 2.28. The second kappa shape index (κ2) is 7.86. The molecule has 0 aliphatic carbocycles. The molecule has 26 heavy (non-hydrogen) atoms. The standard InChI is InChI=1S/C19H19F2N5/c1-3-12(2)23-19-25-17(13-5-4-8-22-11-13)10-18(26-19)24-14-6-7-15(20)16(21)9-14/h4-12H,3H2,1-2H3,(H2,23,24,25,26)/t12-/m1/s1. The van der Waals surface area contributed by atoms with Crippen molar-refractivity contribution in [2.24, 2.45) is 0 Å². The van der Waals surface area contributed by atoms with Crippen LogP contribution in [0.15, 0.2) is 48.8 Å². The van der Waals surface area contributed by atoms with Crippen LogP contribution in [0.2, 0.25) is 0 Å². The van der Waals surface area contributed by atoms with Gasteiger partial charge in [-0.05, 0) is 37.6 Å². The van der Waals surface area contributed by atoms with Gasteiger partial charge >= 0.3 is 0 Å². The van der Waals surface area contributed by atoms with Crippen molar-refractivity contribution in [2.75, 3.05) is 10.6 Å². The first-order chi connectivity index (χ1) is 12.5. The van der Waals surface area contributed by atoms with Crippen molar-refractivity contribution >= 4 is 17.5 Å². The number of aromatic nitrogens is 3. The topological polar surface area (TPSA) is 62.7 Å². The van der Waals surface area contributed by atoms with Crippen LogP contribution in [0.4, 0.5) is 26.2 Å². The second-order valence-electron chi connectivity index (χ2n) is 5.91. The van der Waals surface area contributed by atoms with Crippen LogP contribution >= 0.6 is 0 Å². The molecular weight excluding hydrogens is 336 g/mol. The molecule has 0 unspecified atom stereocenters. The van der Waals surface area contributed by atoms with E-state index in [2.05, 4.69) is 32.5 Å². The van der Waals surface area contributed by atoms with Crippen molar-refractivity contribution in [1.82, 2.24) is 15.0 Å². The molecule has 7 heteroatoms. The summed E-state index contributed by atoms with van der Waals surface area (Å²) in [6.07, 6.45) is 4.30. The fraction of sp³-hybridized carbons (Fsp3) is 0.211. The Morgan fingerprint density at radius 2 is 1.92 bits per heavy atom. The second-order valence-corrected chi connectivity index (χ2v) is 5.91. The SMILES string of the molecule is CC[C@@H](C)Nc1nc(Nc2ccc(F)c(F)c2)cc(-c2cccnc2)n1. The van der Waals surface area contributed by atoms with Crippen LogP contribution in [-0.4, -0.2) is 21.0 Å². The van der Waals surface area contributed by atoms with E-state index in [4.69, 9.17) is 0 Å². The van der Waals surface area contributed by atoms with E-state index in [0.717, 1.165) is 24.1 Å². The van der Waals surface area contributed by atoms with Crippen LogP contribution < -0.4 is 10.6 Å². The maximum atomic E-state index is 13.5. The zero-order valence-corrected chi connectivity index (χ0v) is 14.5. The van der Waals surface area contributed by atoms with Gasteiger partial charge in [-0.15, -0.1) is 0 Å². The van der Waals surface area contributed by atoms with Gasteiger partial charge in [-0.2, -0.15) is 4.98 Å². The fourth-order valence-electron chi connectivity index (χ4n) is 2.28. The number of nitrogens with one attached hydrogen (secondary N) is 2. The van der Waals surface area contributed by atoms with E-state index in [1.54, 1.807) is 18.5 Å². The number of hydrogen-bond donors (Lipinski definition) is 2. The van der Waals surface area contributed by atoms with Crippen molar-refractivity contribution in [3.05, 3.63) is 60.4 Å². The highest BCUT2D eigenvalue weighted by molar-refractivity contribution is 5.66. The predicted molar refractivity (Wildman–Crippen MR) is 98.3 cm³/mol. The molecule has 0 bridgehead atoms. The Morgan fingerprint density at radius 1 is 1.08 bits per heavy atom. The quantitative estimate of drug-likeness (QED) is 0.667. The molecule has 0 fully saturated rings. The van der Waals surface area contributed by atoms with E-state index in [1.165, 1.54) is 6.07 Å². The van der Waals surface area contributed by atoms with Crippen LogP contribution in [-0.2, 0) is 0 Å². The molecule has 1 aromatic carbocycles. The lowest BCUT2D eigenvalue weighted by Gasteiger charge is -2.14. The maximum Gasteiger partial charge on any atom is 0.225 e. The lowest BCUT2D eigenvalue weighted by atomic mass is 10.2. The van der Waals surface area contributed by atoms with Crippen molar-refractivity contribution in [3.63, 3.8) is 0 Å². The van der Waals surface area contributed by atoms with Crippen molar-refractivity contribution < 1.29 is 8.78 Å². The maximum absolute atomic E-state index is 13.5. The van der Waals surface area contributed by atoms with E-state index in [9.17, 15) is 8.78 Å². The highest BCUT2D eigenvalue weighted by atomic mass is 19.2. The number of halogens is 2. The zero-order valence-electron chi connectivity index (χ0n) is 14.5. The van der Waals surface area contributed by atoms with Gasteiger partial charge in [0.1, 0.15) is 5.82 Å². The first-order valence-electron chi connectivity index (χ1n) is 8.33. The Morgan fingerprint density at radius 3 is 2.62 bits per heavy atom. The Balaban J connectivity index is 1.97. The molecule has 0 saturated heterocycles. The number of nitrogens with zero attached hydrogens (tertiary/aromatic N) is 3. The Hall–Kier alpha value is -3.09. The van der Waals surface area contributed by atoms with E-state index in [0.29, 0.717) is 23.1 Å². The largest absolute Gasteiger partial charge is 0.352 e.